The average molecular weight is 378 g/mol. The molecule has 3 heteroatoms. The van der Waals surface area contributed by atoms with E-state index in [2.05, 4.69) is 89.8 Å². The number of ether oxygens (including phenoxy) is 1. The summed E-state index contributed by atoms with van der Waals surface area (Å²) in [4.78, 5) is 3.65. The molecule has 0 radical (unpaired) electrons. The zero-order valence-electron chi connectivity index (χ0n) is 17.2. The number of rotatable bonds is 1. The van der Waals surface area contributed by atoms with Gasteiger partial charge in [-0.3, -0.25) is 4.90 Å². The lowest BCUT2D eigenvalue weighted by Gasteiger charge is -2.34. The van der Waals surface area contributed by atoms with E-state index in [9.17, 15) is 0 Å². The van der Waals surface area contributed by atoms with Crippen molar-refractivity contribution in [2.24, 2.45) is 0 Å². The van der Waals surface area contributed by atoms with Crippen LogP contribution in [0, 0.1) is 27.7 Å². The predicted octanol–water partition coefficient (Wildman–Crippen LogP) is 7.85. The van der Waals surface area contributed by atoms with Crippen molar-refractivity contribution in [3.63, 3.8) is 0 Å². The Kier molecular flexibility index (Phi) is 4.12. The summed E-state index contributed by atoms with van der Waals surface area (Å²) in [7, 11) is 0. The number of fused-ring (bicyclic) bond motifs is 2. The molecule has 2 aromatic carbocycles. The highest BCUT2D eigenvalue weighted by molar-refractivity contribution is 7.16. The first-order valence-corrected chi connectivity index (χ1v) is 10.3. The Labute approximate surface area is 166 Å². The van der Waals surface area contributed by atoms with E-state index in [1.165, 1.54) is 37.8 Å². The SMILES string of the molecule is Cc1ccc2c(c1)Oc1cc(C)sc1N2c1c(C)cc(C(C)(C)C)cc1C. The summed E-state index contributed by atoms with van der Waals surface area (Å²) >= 11 is 1.79. The molecule has 4 rings (SSSR count). The molecule has 27 heavy (non-hydrogen) atoms. The van der Waals surface area contributed by atoms with Gasteiger partial charge in [-0.2, -0.15) is 0 Å². The van der Waals surface area contributed by atoms with Crippen molar-refractivity contribution in [3.05, 3.63) is 63.5 Å². The minimum absolute atomic E-state index is 0.138. The van der Waals surface area contributed by atoms with Crippen molar-refractivity contribution in [3.8, 4) is 11.5 Å². The van der Waals surface area contributed by atoms with Gasteiger partial charge in [-0.25, -0.2) is 0 Å². The van der Waals surface area contributed by atoms with Crippen molar-refractivity contribution >= 4 is 27.7 Å². The lowest BCUT2D eigenvalue weighted by atomic mass is 9.84. The Bertz CT molecular complexity index is 1020. The normalized spacial score (nSPS) is 13.2. The number of nitrogens with zero attached hydrogens (tertiary/aromatic N) is 1. The smallest absolute Gasteiger partial charge is 0.163 e. The molecule has 0 bridgehead atoms. The summed E-state index contributed by atoms with van der Waals surface area (Å²) in [5.74, 6) is 1.88. The van der Waals surface area contributed by atoms with Crippen LogP contribution in [0.25, 0.3) is 0 Å². The van der Waals surface area contributed by atoms with Crippen molar-refractivity contribution in [2.45, 2.75) is 53.9 Å². The van der Waals surface area contributed by atoms with Gasteiger partial charge in [0.25, 0.3) is 0 Å². The average Bonchev–Trinajstić information content (AvgIpc) is 2.92. The van der Waals surface area contributed by atoms with Gasteiger partial charge in [0.2, 0.25) is 0 Å². The maximum absolute atomic E-state index is 6.26. The zero-order valence-corrected chi connectivity index (χ0v) is 18.0. The third-order valence-electron chi connectivity index (χ3n) is 5.16. The summed E-state index contributed by atoms with van der Waals surface area (Å²) in [6, 6.07) is 13.3. The molecule has 2 nitrogen and oxygen atoms in total. The number of benzene rings is 2. The van der Waals surface area contributed by atoms with Gasteiger partial charge in [0.05, 0.1) is 11.4 Å². The molecule has 0 unspecified atom stereocenters. The molecule has 0 saturated heterocycles. The van der Waals surface area contributed by atoms with Crippen LogP contribution in [0.4, 0.5) is 16.4 Å². The predicted molar refractivity (Wildman–Crippen MR) is 117 cm³/mol. The molecular weight excluding hydrogens is 350 g/mol. The first-order valence-electron chi connectivity index (χ1n) is 9.46. The standard InChI is InChI=1S/C24H27NOS/c1-14-8-9-19-20(10-14)26-21-13-17(4)27-23(21)25(19)22-15(2)11-18(12-16(22)3)24(5,6)7/h8-13H,1-7H3. The number of thiophene rings is 1. The van der Waals surface area contributed by atoms with Crippen LogP contribution in [0.5, 0.6) is 11.5 Å². The first-order chi connectivity index (χ1) is 12.6. The summed E-state index contributed by atoms with van der Waals surface area (Å²) in [6.07, 6.45) is 0. The van der Waals surface area contributed by atoms with E-state index in [1.54, 1.807) is 11.3 Å². The van der Waals surface area contributed by atoms with Crippen LogP contribution < -0.4 is 9.64 Å². The van der Waals surface area contributed by atoms with E-state index >= 15 is 0 Å². The van der Waals surface area contributed by atoms with Crippen molar-refractivity contribution < 1.29 is 4.74 Å². The van der Waals surface area contributed by atoms with E-state index < -0.39 is 0 Å². The van der Waals surface area contributed by atoms with Gasteiger partial charge in [-0.15, -0.1) is 11.3 Å². The quantitative estimate of drug-likeness (QED) is 0.335. The van der Waals surface area contributed by atoms with Gasteiger partial charge < -0.3 is 4.74 Å². The zero-order chi connectivity index (χ0) is 19.5. The fraction of sp³-hybridized carbons (Fsp3) is 0.333. The summed E-state index contributed by atoms with van der Waals surface area (Å²) in [6.45, 7) is 15.5. The number of hydrogen-bond acceptors (Lipinski definition) is 3. The minimum atomic E-state index is 0.138. The van der Waals surface area contributed by atoms with Crippen LogP contribution in [0.3, 0.4) is 0 Å². The highest BCUT2D eigenvalue weighted by Crippen LogP contribution is 2.55. The molecule has 0 aliphatic carbocycles. The van der Waals surface area contributed by atoms with E-state index in [0.717, 1.165) is 17.2 Å². The molecular formula is C24H27NOS. The number of hydrogen-bond donors (Lipinski definition) is 0. The molecule has 1 aliphatic rings. The molecule has 0 amide bonds. The summed E-state index contributed by atoms with van der Waals surface area (Å²) in [5, 5.41) is 1.17. The molecule has 0 spiro atoms. The highest BCUT2D eigenvalue weighted by atomic mass is 32.1. The Hall–Kier alpha value is -2.26. The second kappa shape index (κ2) is 6.13. The molecule has 0 atom stereocenters. The van der Waals surface area contributed by atoms with Crippen LogP contribution in [0.2, 0.25) is 0 Å². The minimum Gasteiger partial charge on any atom is -0.452 e. The Morgan fingerprint density at radius 1 is 0.852 bits per heavy atom. The first kappa shape index (κ1) is 18.1. The summed E-state index contributed by atoms with van der Waals surface area (Å²) < 4.78 is 6.26. The maximum atomic E-state index is 6.26. The second-order valence-corrected chi connectivity index (χ2v) is 9.88. The maximum Gasteiger partial charge on any atom is 0.163 e. The van der Waals surface area contributed by atoms with E-state index in [4.69, 9.17) is 4.74 Å². The van der Waals surface area contributed by atoms with Gasteiger partial charge in [0, 0.05) is 4.88 Å². The van der Waals surface area contributed by atoms with Crippen LogP contribution in [-0.2, 0) is 5.41 Å². The second-order valence-electron chi connectivity index (χ2n) is 8.64. The molecule has 2 heterocycles. The topological polar surface area (TPSA) is 12.5 Å². The summed E-state index contributed by atoms with van der Waals surface area (Å²) in [5.41, 5.74) is 7.69. The van der Waals surface area contributed by atoms with E-state index in [0.29, 0.717) is 0 Å². The van der Waals surface area contributed by atoms with Gasteiger partial charge >= 0.3 is 0 Å². The van der Waals surface area contributed by atoms with E-state index in [-0.39, 0.29) is 5.41 Å². The number of aryl methyl sites for hydroxylation is 4. The highest BCUT2D eigenvalue weighted by Gasteiger charge is 2.30. The van der Waals surface area contributed by atoms with Gasteiger partial charge in [0.1, 0.15) is 5.00 Å². The lowest BCUT2D eigenvalue weighted by molar-refractivity contribution is 0.479. The molecule has 0 N–H and O–H groups in total. The van der Waals surface area contributed by atoms with Crippen molar-refractivity contribution in [1.29, 1.82) is 0 Å². The molecule has 1 aliphatic heterocycles. The van der Waals surface area contributed by atoms with E-state index in [1.807, 2.05) is 0 Å². The Balaban J connectivity index is 1.97. The lowest BCUT2D eigenvalue weighted by Crippen LogP contribution is -2.18. The Morgan fingerprint density at radius 2 is 1.52 bits per heavy atom. The van der Waals surface area contributed by atoms with Crippen molar-refractivity contribution in [2.75, 3.05) is 4.90 Å². The van der Waals surface area contributed by atoms with Crippen LogP contribution in [0.15, 0.2) is 36.4 Å². The third kappa shape index (κ3) is 3.04. The van der Waals surface area contributed by atoms with Gasteiger partial charge in [-0.1, -0.05) is 39.0 Å². The van der Waals surface area contributed by atoms with Crippen LogP contribution in [-0.4, -0.2) is 0 Å². The molecule has 1 aromatic heterocycles. The monoisotopic (exact) mass is 377 g/mol. The Morgan fingerprint density at radius 3 is 2.15 bits per heavy atom. The molecule has 0 fully saturated rings. The van der Waals surface area contributed by atoms with Gasteiger partial charge in [-0.05, 0) is 73.6 Å². The molecule has 140 valence electrons. The fourth-order valence-corrected chi connectivity index (χ4v) is 4.74. The molecule has 0 saturated carbocycles. The number of anilines is 3. The molecule has 3 aromatic rings. The largest absolute Gasteiger partial charge is 0.452 e. The van der Waals surface area contributed by atoms with Crippen LogP contribution >= 0.6 is 11.3 Å². The third-order valence-corrected chi connectivity index (χ3v) is 6.18. The van der Waals surface area contributed by atoms with Crippen LogP contribution in [0.1, 0.15) is 47.9 Å². The van der Waals surface area contributed by atoms with Gasteiger partial charge in [0.15, 0.2) is 11.5 Å². The van der Waals surface area contributed by atoms with Crippen molar-refractivity contribution in [1.82, 2.24) is 0 Å². The fourth-order valence-electron chi connectivity index (χ4n) is 3.79.